The average molecular weight is 275 g/mol. The number of aliphatic imine (C=N–C) groups is 1. The van der Waals surface area contributed by atoms with Crippen LogP contribution in [-0.4, -0.2) is 22.8 Å². The first-order chi connectivity index (χ1) is 9.27. The lowest BCUT2D eigenvalue weighted by Gasteiger charge is -2.05. The maximum Gasteiger partial charge on any atom is 0.176 e. The minimum atomic E-state index is 0.357. The van der Waals surface area contributed by atoms with E-state index >= 15 is 0 Å². The molecule has 0 bridgehead atoms. The van der Waals surface area contributed by atoms with Gasteiger partial charge in [0.05, 0.1) is 23.5 Å². The Morgan fingerprint density at radius 1 is 1.53 bits per heavy atom. The van der Waals surface area contributed by atoms with Crippen LogP contribution < -0.4 is 0 Å². The number of nitrogens with zero attached hydrogens (tertiary/aromatic N) is 4. The number of aromatic nitrogens is 2. The summed E-state index contributed by atoms with van der Waals surface area (Å²) in [5.41, 5.74) is 1.02. The van der Waals surface area contributed by atoms with Crippen LogP contribution in [0, 0.1) is 11.3 Å². The molecule has 0 unspecified atom stereocenters. The molecule has 19 heavy (non-hydrogen) atoms. The zero-order valence-corrected chi connectivity index (χ0v) is 11.0. The van der Waals surface area contributed by atoms with Crippen LogP contribution in [0.3, 0.4) is 0 Å². The number of para-hydroxylation sites is 1. The molecule has 0 radical (unpaired) electrons. The normalized spacial score (nSPS) is 10.6. The van der Waals surface area contributed by atoms with Crippen LogP contribution in [-0.2, 0) is 4.74 Å². The first-order valence-electron chi connectivity index (χ1n) is 5.65. The summed E-state index contributed by atoms with van der Waals surface area (Å²) in [4.78, 5) is 4.12. The van der Waals surface area contributed by atoms with E-state index in [-0.39, 0.29) is 0 Å². The Hall–Kier alpha value is -2.32. The highest BCUT2D eigenvalue weighted by Gasteiger charge is 2.12. The van der Waals surface area contributed by atoms with E-state index in [1.807, 2.05) is 25.1 Å². The number of ether oxygens (including phenoxy) is 1. The molecule has 1 aromatic heterocycles. The lowest BCUT2D eigenvalue weighted by Crippen LogP contribution is -1.97. The zero-order valence-electron chi connectivity index (χ0n) is 10.2. The van der Waals surface area contributed by atoms with Crippen molar-refractivity contribution < 1.29 is 4.74 Å². The number of benzene rings is 1. The molecule has 5 nitrogen and oxygen atoms in total. The number of rotatable bonds is 4. The molecule has 0 aliphatic heterocycles. The molecule has 0 atom stereocenters. The number of halogens is 1. The molecule has 2 rings (SSSR count). The molecule has 0 saturated carbocycles. The summed E-state index contributed by atoms with van der Waals surface area (Å²) >= 11 is 6.12. The Morgan fingerprint density at radius 2 is 2.32 bits per heavy atom. The smallest absolute Gasteiger partial charge is 0.176 e. The lowest BCUT2D eigenvalue weighted by molar-refractivity contribution is 0.343. The third kappa shape index (κ3) is 2.75. The van der Waals surface area contributed by atoms with Crippen molar-refractivity contribution in [2.75, 3.05) is 6.61 Å². The van der Waals surface area contributed by atoms with Gasteiger partial charge in [-0.25, -0.2) is 4.68 Å². The fraction of sp³-hybridized carbons (Fsp3) is 0.154. The van der Waals surface area contributed by atoms with E-state index in [2.05, 4.69) is 10.1 Å². The van der Waals surface area contributed by atoms with Gasteiger partial charge in [-0.3, -0.25) is 0 Å². The monoisotopic (exact) mass is 274 g/mol. The lowest BCUT2D eigenvalue weighted by atomic mass is 10.3. The molecule has 0 N–H and O–H groups in total. The van der Waals surface area contributed by atoms with Gasteiger partial charge in [0.15, 0.2) is 12.2 Å². The van der Waals surface area contributed by atoms with Crippen molar-refractivity contribution in [2.24, 2.45) is 4.99 Å². The highest BCUT2D eigenvalue weighted by atomic mass is 35.5. The summed E-state index contributed by atoms with van der Waals surface area (Å²) in [6.07, 6.45) is 2.74. The molecule has 0 aliphatic rings. The fourth-order valence-corrected chi connectivity index (χ4v) is 1.72. The maximum absolute atomic E-state index is 9.05. The Morgan fingerprint density at radius 3 is 3.00 bits per heavy atom. The van der Waals surface area contributed by atoms with Crippen LogP contribution in [0.2, 0.25) is 5.02 Å². The van der Waals surface area contributed by atoms with Crippen molar-refractivity contribution in [1.29, 1.82) is 5.26 Å². The molecule has 0 amide bonds. The summed E-state index contributed by atoms with van der Waals surface area (Å²) in [5.74, 6) is 0.393. The highest BCUT2D eigenvalue weighted by molar-refractivity contribution is 6.32. The van der Waals surface area contributed by atoms with Gasteiger partial charge in [-0.05, 0) is 19.1 Å². The highest BCUT2D eigenvalue weighted by Crippen LogP contribution is 2.26. The molecule has 96 valence electrons. The third-order valence-electron chi connectivity index (χ3n) is 2.36. The van der Waals surface area contributed by atoms with Crippen molar-refractivity contribution in [1.82, 2.24) is 9.78 Å². The molecule has 1 heterocycles. The predicted molar refractivity (Wildman–Crippen MR) is 73.1 cm³/mol. The van der Waals surface area contributed by atoms with Crippen LogP contribution >= 0.6 is 11.6 Å². The molecule has 6 heteroatoms. The Bertz CT molecular complexity index is 642. The first kappa shape index (κ1) is 13.1. The fourth-order valence-electron chi connectivity index (χ4n) is 1.51. The topological polar surface area (TPSA) is 63.2 Å². The Kier molecular flexibility index (Phi) is 4.16. The van der Waals surface area contributed by atoms with Crippen molar-refractivity contribution >= 4 is 23.8 Å². The van der Waals surface area contributed by atoms with Crippen LogP contribution in [0.15, 0.2) is 35.5 Å². The van der Waals surface area contributed by atoms with E-state index in [1.54, 1.807) is 12.1 Å². The molecule has 0 aliphatic carbocycles. The predicted octanol–water partition coefficient (Wildman–Crippen LogP) is 3.09. The second-order valence-electron chi connectivity index (χ2n) is 3.55. The van der Waals surface area contributed by atoms with Crippen molar-refractivity contribution in [3.63, 3.8) is 0 Å². The number of hydrogen-bond acceptors (Lipinski definition) is 4. The van der Waals surface area contributed by atoms with E-state index < -0.39 is 0 Å². The average Bonchev–Trinajstić information content (AvgIpc) is 2.82. The molecule has 2 aromatic rings. The molecular weight excluding hydrogens is 264 g/mol. The minimum absolute atomic E-state index is 0.357. The van der Waals surface area contributed by atoms with E-state index in [0.717, 1.165) is 0 Å². The van der Waals surface area contributed by atoms with Gasteiger partial charge < -0.3 is 4.74 Å². The van der Waals surface area contributed by atoms with Gasteiger partial charge in [0, 0.05) is 0 Å². The Labute approximate surface area is 115 Å². The Balaban J connectivity index is 2.50. The van der Waals surface area contributed by atoms with E-state index in [9.17, 15) is 0 Å². The van der Waals surface area contributed by atoms with E-state index in [0.29, 0.717) is 28.7 Å². The van der Waals surface area contributed by atoms with Crippen LogP contribution in [0.4, 0.5) is 5.82 Å². The molecular formula is C13H11ClN4O. The van der Waals surface area contributed by atoms with Crippen LogP contribution in [0.5, 0.6) is 0 Å². The summed E-state index contributed by atoms with van der Waals surface area (Å²) in [5, 5.41) is 13.7. The number of hydrogen-bond donors (Lipinski definition) is 0. The standard InChI is InChI=1S/C13H11ClN4O/c1-2-19-9-16-13-10(7-15)8-17-18(13)12-6-4-3-5-11(12)14/h3-6,8-9H,2H2,1H3. The SMILES string of the molecule is CCOC=Nc1c(C#N)cnn1-c1ccccc1Cl. The quantitative estimate of drug-likeness (QED) is 0.636. The van der Waals surface area contributed by atoms with E-state index in [1.165, 1.54) is 17.3 Å². The summed E-state index contributed by atoms with van der Waals surface area (Å²) < 4.78 is 6.56. The van der Waals surface area contributed by atoms with Gasteiger partial charge >= 0.3 is 0 Å². The first-order valence-corrected chi connectivity index (χ1v) is 6.03. The van der Waals surface area contributed by atoms with Gasteiger partial charge in [-0.1, -0.05) is 23.7 Å². The van der Waals surface area contributed by atoms with Gasteiger partial charge in [0.1, 0.15) is 11.6 Å². The third-order valence-corrected chi connectivity index (χ3v) is 2.68. The minimum Gasteiger partial charge on any atom is -0.483 e. The molecule has 0 spiro atoms. The largest absolute Gasteiger partial charge is 0.483 e. The molecule has 1 aromatic carbocycles. The van der Waals surface area contributed by atoms with Crippen LogP contribution in [0.1, 0.15) is 12.5 Å². The van der Waals surface area contributed by atoms with Crippen molar-refractivity contribution in [3.8, 4) is 11.8 Å². The molecule has 0 fully saturated rings. The zero-order chi connectivity index (χ0) is 13.7. The molecule has 0 saturated heterocycles. The van der Waals surface area contributed by atoms with Gasteiger partial charge in [-0.2, -0.15) is 15.4 Å². The summed E-state index contributed by atoms with van der Waals surface area (Å²) in [6, 6.07) is 9.25. The summed E-state index contributed by atoms with van der Waals surface area (Å²) in [6.45, 7) is 2.36. The van der Waals surface area contributed by atoms with Gasteiger partial charge in [0.2, 0.25) is 0 Å². The maximum atomic E-state index is 9.05. The van der Waals surface area contributed by atoms with Crippen molar-refractivity contribution in [2.45, 2.75) is 6.92 Å². The van der Waals surface area contributed by atoms with Gasteiger partial charge in [-0.15, -0.1) is 0 Å². The van der Waals surface area contributed by atoms with E-state index in [4.69, 9.17) is 21.6 Å². The second-order valence-corrected chi connectivity index (χ2v) is 3.95. The van der Waals surface area contributed by atoms with Crippen molar-refractivity contribution in [3.05, 3.63) is 41.0 Å². The van der Waals surface area contributed by atoms with Crippen LogP contribution in [0.25, 0.3) is 5.69 Å². The van der Waals surface area contributed by atoms with Gasteiger partial charge in [0.25, 0.3) is 0 Å². The second kappa shape index (κ2) is 6.03. The number of nitriles is 1. The summed E-state index contributed by atoms with van der Waals surface area (Å²) in [7, 11) is 0.